The van der Waals surface area contributed by atoms with Gasteiger partial charge in [0.05, 0.1) is 12.2 Å². The van der Waals surface area contributed by atoms with E-state index in [0.717, 1.165) is 12.1 Å². The van der Waals surface area contributed by atoms with E-state index in [9.17, 15) is 13.2 Å². The van der Waals surface area contributed by atoms with Gasteiger partial charge in [-0.25, -0.2) is 0 Å². The largest absolute Gasteiger partial charge is 0.416 e. The van der Waals surface area contributed by atoms with Gasteiger partial charge in [0.25, 0.3) is 0 Å². The van der Waals surface area contributed by atoms with E-state index < -0.39 is 11.7 Å². The highest BCUT2D eigenvalue weighted by Crippen LogP contribution is 2.33. The third-order valence-corrected chi connectivity index (χ3v) is 2.90. The van der Waals surface area contributed by atoms with Crippen LogP contribution < -0.4 is 10.6 Å². The Morgan fingerprint density at radius 2 is 1.95 bits per heavy atom. The number of rotatable bonds is 5. The number of halogens is 3. The maximum absolute atomic E-state index is 12.6. The first-order valence-corrected chi connectivity index (χ1v) is 6.09. The van der Waals surface area contributed by atoms with Crippen molar-refractivity contribution in [2.45, 2.75) is 32.6 Å². The van der Waals surface area contributed by atoms with E-state index in [4.69, 9.17) is 10.8 Å². The molecule has 19 heavy (non-hydrogen) atoms. The SMILES string of the molecule is CC(C)N(CCO)c1ccc(C(F)(F)F)cc1CN. The number of benzene rings is 1. The zero-order chi connectivity index (χ0) is 14.6. The number of hydrogen-bond acceptors (Lipinski definition) is 3. The minimum atomic E-state index is -4.37. The summed E-state index contributed by atoms with van der Waals surface area (Å²) in [7, 11) is 0. The third kappa shape index (κ3) is 3.84. The average molecular weight is 276 g/mol. The van der Waals surface area contributed by atoms with Crippen LogP contribution in [-0.4, -0.2) is 24.3 Å². The van der Waals surface area contributed by atoms with E-state index in [0.29, 0.717) is 17.8 Å². The molecule has 0 unspecified atom stereocenters. The average Bonchev–Trinajstić information content (AvgIpc) is 2.33. The quantitative estimate of drug-likeness (QED) is 0.868. The summed E-state index contributed by atoms with van der Waals surface area (Å²) in [6.07, 6.45) is -4.37. The Hall–Kier alpha value is -1.27. The Morgan fingerprint density at radius 3 is 2.37 bits per heavy atom. The van der Waals surface area contributed by atoms with E-state index in [-0.39, 0.29) is 19.2 Å². The molecule has 0 aliphatic heterocycles. The Bertz CT molecular complexity index is 419. The van der Waals surface area contributed by atoms with Gasteiger partial charge in [-0.3, -0.25) is 0 Å². The van der Waals surface area contributed by atoms with Gasteiger partial charge in [-0.1, -0.05) is 0 Å². The molecule has 0 aliphatic rings. The number of aliphatic hydroxyl groups excluding tert-OH is 1. The molecule has 0 fully saturated rings. The van der Waals surface area contributed by atoms with E-state index in [1.54, 1.807) is 0 Å². The zero-order valence-electron chi connectivity index (χ0n) is 11.0. The lowest BCUT2D eigenvalue weighted by Crippen LogP contribution is -2.34. The van der Waals surface area contributed by atoms with Gasteiger partial charge in [-0.2, -0.15) is 13.2 Å². The van der Waals surface area contributed by atoms with E-state index in [1.165, 1.54) is 6.07 Å². The van der Waals surface area contributed by atoms with Gasteiger partial charge in [-0.15, -0.1) is 0 Å². The van der Waals surface area contributed by atoms with Gasteiger partial charge in [0.1, 0.15) is 0 Å². The predicted octanol–water partition coefficient (Wildman–Crippen LogP) is 2.37. The lowest BCUT2D eigenvalue weighted by molar-refractivity contribution is -0.137. The summed E-state index contributed by atoms with van der Waals surface area (Å²) >= 11 is 0. The molecule has 0 saturated carbocycles. The van der Waals surface area contributed by atoms with Gasteiger partial charge >= 0.3 is 6.18 Å². The first kappa shape index (κ1) is 15.8. The summed E-state index contributed by atoms with van der Waals surface area (Å²) in [4.78, 5) is 1.84. The normalized spacial score (nSPS) is 12.0. The van der Waals surface area contributed by atoms with Crippen LogP contribution in [0.25, 0.3) is 0 Å². The van der Waals surface area contributed by atoms with E-state index >= 15 is 0 Å². The van der Waals surface area contributed by atoms with Crippen molar-refractivity contribution in [1.82, 2.24) is 0 Å². The Balaban J connectivity index is 3.21. The molecule has 3 N–H and O–H groups in total. The number of nitrogens with zero attached hydrogens (tertiary/aromatic N) is 1. The second kappa shape index (κ2) is 6.25. The van der Waals surface area contributed by atoms with E-state index in [2.05, 4.69) is 0 Å². The predicted molar refractivity (Wildman–Crippen MR) is 68.9 cm³/mol. The first-order chi connectivity index (χ1) is 8.81. The molecule has 0 saturated heterocycles. The van der Waals surface area contributed by atoms with Crippen LogP contribution in [0.3, 0.4) is 0 Å². The number of alkyl halides is 3. The third-order valence-electron chi connectivity index (χ3n) is 2.90. The smallest absolute Gasteiger partial charge is 0.395 e. The maximum Gasteiger partial charge on any atom is 0.416 e. The highest BCUT2D eigenvalue weighted by atomic mass is 19.4. The minimum Gasteiger partial charge on any atom is -0.395 e. The molecule has 1 aromatic carbocycles. The molecule has 3 nitrogen and oxygen atoms in total. The lowest BCUT2D eigenvalue weighted by Gasteiger charge is -2.30. The van der Waals surface area contributed by atoms with Crippen LogP contribution >= 0.6 is 0 Å². The topological polar surface area (TPSA) is 49.5 Å². The Kier molecular flexibility index (Phi) is 5.20. The van der Waals surface area contributed by atoms with Crippen molar-refractivity contribution in [3.05, 3.63) is 29.3 Å². The second-order valence-corrected chi connectivity index (χ2v) is 4.56. The van der Waals surface area contributed by atoms with Crippen LogP contribution in [0.1, 0.15) is 25.0 Å². The molecule has 0 radical (unpaired) electrons. The number of anilines is 1. The minimum absolute atomic E-state index is 0.0217. The molecule has 1 rings (SSSR count). The van der Waals surface area contributed by atoms with Crippen LogP contribution in [0.4, 0.5) is 18.9 Å². The number of nitrogens with two attached hydrogens (primary N) is 1. The van der Waals surface area contributed by atoms with Gasteiger partial charge in [0.2, 0.25) is 0 Å². The van der Waals surface area contributed by atoms with Gasteiger partial charge in [0, 0.05) is 24.8 Å². The van der Waals surface area contributed by atoms with Gasteiger partial charge in [0.15, 0.2) is 0 Å². The molecule has 0 heterocycles. The van der Waals surface area contributed by atoms with Crippen LogP contribution in [-0.2, 0) is 12.7 Å². The molecule has 6 heteroatoms. The first-order valence-electron chi connectivity index (χ1n) is 6.09. The molecular formula is C13H19F3N2O. The molecule has 0 amide bonds. The summed E-state index contributed by atoms with van der Waals surface area (Å²) in [5.74, 6) is 0. The highest BCUT2D eigenvalue weighted by molar-refractivity contribution is 5.56. The number of hydrogen-bond donors (Lipinski definition) is 2. The van der Waals surface area contributed by atoms with Crippen molar-refractivity contribution in [3.8, 4) is 0 Å². The molecular weight excluding hydrogens is 257 g/mol. The van der Waals surface area contributed by atoms with Crippen LogP contribution in [0, 0.1) is 0 Å². The second-order valence-electron chi connectivity index (χ2n) is 4.56. The summed E-state index contributed by atoms with van der Waals surface area (Å²) in [6.45, 7) is 4.13. The van der Waals surface area contributed by atoms with Crippen molar-refractivity contribution in [2.75, 3.05) is 18.1 Å². The van der Waals surface area contributed by atoms with Gasteiger partial charge < -0.3 is 15.7 Å². The highest BCUT2D eigenvalue weighted by Gasteiger charge is 2.31. The summed E-state index contributed by atoms with van der Waals surface area (Å²) in [5, 5.41) is 9.04. The van der Waals surface area contributed by atoms with Crippen molar-refractivity contribution < 1.29 is 18.3 Å². The van der Waals surface area contributed by atoms with Crippen LogP contribution in [0.15, 0.2) is 18.2 Å². The molecule has 0 aromatic heterocycles. The van der Waals surface area contributed by atoms with Crippen molar-refractivity contribution >= 4 is 5.69 Å². The molecule has 0 atom stereocenters. The fourth-order valence-corrected chi connectivity index (χ4v) is 1.97. The molecule has 0 bridgehead atoms. The van der Waals surface area contributed by atoms with Crippen LogP contribution in [0.2, 0.25) is 0 Å². The van der Waals surface area contributed by atoms with Crippen molar-refractivity contribution in [3.63, 3.8) is 0 Å². The van der Waals surface area contributed by atoms with Crippen molar-refractivity contribution in [1.29, 1.82) is 0 Å². The summed E-state index contributed by atoms with van der Waals surface area (Å²) in [5.41, 5.74) is 5.90. The monoisotopic (exact) mass is 276 g/mol. The van der Waals surface area contributed by atoms with Gasteiger partial charge in [-0.05, 0) is 37.6 Å². The standard InChI is InChI=1S/C13H19F3N2O/c1-9(2)18(5-6-19)12-4-3-11(13(14,15)16)7-10(12)8-17/h3-4,7,9,19H,5-6,8,17H2,1-2H3. The molecule has 0 spiro atoms. The zero-order valence-corrected chi connectivity index (χ0v) is 11.0. The molecule has 0 aliphatic carbocycles. The summed E-state index contributed by atoms with van der Waals surface area (Å²) < 4.78 is 37.9. The number of aliphatic hydroxyl groups is 1. The Morgan fingerprint density at radius 1 is 1.32 bits per heavy atom. The molecule has 1 aromatic rings. The lowest BCUT2D eigenvalue weighted by atomic mass is 10.1. The Labute approximate surface area is 110 Å². The fourth-order valence-electron chi connectivity index (χ4n) is 1.97. The molecule has 108 valence electrons. The van der Waals surface area contributed by atoms with E-state index in [1.807, 2.05) is 18.7 Å². The fraction of sp³-hybridized carbons (Fsp3) is 0.538. The summed E-state index contributed by atoms with van der Waals surface area (Å²) in [6, 6.07) is 3.60. The van der Waals surface area contributed by atoms with Crippen molar-refractivity contribution in [2.24, 2.45) is 5.73 Å². The van der Waals surface area contributed by atoms with Crippen LogP contribution in [0.5, 0.6) is 0 Å². The maximum atomic E-state index is 12.6.